The van der Waals surface area contributed by atoms with Crippen molar-refractivity contribution >= 4 is 22.6 Å². The molecule has 22 heavy (non-hydrogen) atoms. The molecule has 3 aromatic rings. The number of aryl methyl sites for hydroxylation is 1. The molecule has 0 saturated heterocycles. The minimum atomic E-state index is -1.08. The highest BCUT2D eigenvalue weighted by Crippen LogP contribution is 2.21. The van der Waals surface area contributed by atoms with Gasteiger partial charge in [-0.15, -0.1) is 0 Å². The van der Waals surface area contributed by atoms with Gasteiger partial charge in [-0.25, -0.2) is 9.18 Å². The van der Waals surface area contributed by atoms with Crippen molar-refractivity contribution in [3.05, 3.63) is 59.0 Å². The van der Waals surface area contributed by atoms with Crippen LogP contribution in [0.25, 0.3) is 10.9 Å². The van der Waals surface area contributed by atoms with Crippen molar-refractivity contribution in [1.29, 1.82) is 0 Å². The molecule has 2 aromatic carbocycles. The van der Waals surface area contributed by atoms with Crippen molar-refractivity contribution in [3.8, 4) is 0 Å². The number of aromatic nitrogens is 2. The average molecular weight is 299 g/mol. The minimum absolute atomic E-state index is 0.0137. The molecule has 3 rings (SSSR count). The molecule has 1 heterocycles. The van der Waals surface area contributed by atoms with E-state index in [0.29, 0.717) is 17.4 Å². The van der Waals surface area contributed by atoms with E-state index in [0.717, 1.165) is 16.8 Å². The molecular formula is C16H14FN3O2. The van der Waals surface area contributed by atoms with Crippen LogP contribution in [0.15, 0.2) is 36.4 Å². The van der Waals surface area contributed by atoms with E-state index in [1.54, 1.807) is 12.1 Å². The van der Waals surface area contributed by atoms with Gasteiger partial charge in [-0.2, -0.15) is 5.10 Å². The maximum atomic E-state index is 13.4. The van der Waals surface area contributed by atoms with E-state index in [-0.39, 0.29) is 11.5 Å². The highest BCUT2D eigenvalue weighted by molar-refractivity contribution is 6.01. The summed E-state index contributed by atoms with van der Waals surface area (Å²) in [7, 11) is 0. The summed E-state index contributed by atoms with van der Waals surface area (Å²) < 4.78 is 13.4. The number of aromatic carboxylic acids is 1. The van der Waals surface area contributed by atoms with Gasteiger partial charge in [-0.1, -0.05) is 6.07 Å². The number of hydrogen-bond acceptors (Lipinski definition) is 3. The fraction of sp³-hybridized carbons (Fsp3) is 0.125. The largest absolute Gasteiger partial charge is 0.476 e. The Morgan fingerprint density at radius 2 is 2.14 bits per heavy atom. The number of H-pyrrole nitrogens is 1. The fourth-order valence-electron chi connectivity index (χ4n) is 2.41. The second kappa shape index (κ2) is 5.48. The van der Waals surface area contributed by atoms with E-state index in [4.69, 9.17) is 5.11 Å². The number of benzene rings is 2. The lowest BCUT2D eigenvalue weighted by Crippen LogP contribution is -2.01. The van der Waals surface area contributed by atoms with Crippen LogP contribution >= 0.6 is 0 Å². The first-order valence-corrected chi connectivity index (χ1v) is 6.74. The third-order valence-corrected chi connectivity index (χ3v) is 3.36. The molecule has 0 fully saturated rings. The lowest BCUT2D eigenvalue weighted by molar-refractivity contribution is 0.0692. The zero-order valence-corrected chi connectivity index (χ0v) is 11.9. The third-order valence-electron chi connectivity index (χ3n) is 3.36. The molecule has 112 valence electrons. The van der Waals surface area contributed by atoms with E-state index in [1.165, 1.54) is 12.1 Å². The lowest BCUT2D eigenvalue weighted by atomic mass is 10.1. The number of carbonyl (C=O) groups is 1. The Labute approximate surface area is 125 Å². The molecule has 0 saturated carbocycles. The van der Waals surface area contributed by atoms with Gasteiger partial charge >= 0.3 is 5.97 Å². The van der Waals surface area contributed by atoms with Crippen LogP contribution in [0.3, 0.4) is 0 Å². The number of nitrogens with zero attached hydrogens (tertiary/aromatic N) is 1. The second-order valence-electron chi connectivity index (χ2n) is 5.13. The molecule has 0 aliphatic rings. The smallest absolute Gasteiger partial charge is 0.357 e. The Balaban J connectivity index is 1.84. The SMILES string of the molecule is Cc1cc(F)cc(CNc2ccc3[nH]nc(C(=O)O)c3c2)c1. The van der Waals surface area contributed by atoms with Gasteiger partial charge < -0.3 is 10.4 Å². The van der Waals surface area contributed by atoms with E-state index in [2.05, 4.69) is 15.5 Å². The van der Waals surface area contributed by atoms with E-state index < -0.39 is 5.97 Å². The van der Waals surface area contributed by atoms with Gasteiger partial charge in [0.25, 0.3) is 0 Å². The number of aromatic amines is 1. The summed E-state index contributed by atoms with van der Waals surface area (Å²) in [5.74, 6) is -1.35. The number of hydrogen-bond donors (Lipinski definition) is 3. The lowest BCUT2D eigenvalue weighted by Gasteiger charge is -2.08. The number of carboxylic acid groups (broad SMARTS) is 1. The van der Waals surface area contributed by atoms with Crippen molar-refractivity contribution in [1.82, 2.24) is 10.2 Å². The number of rotatable bonds is 4. The normalized spacial score (nSPS) is 10.8. The Kier molecular flexibility index (Phi) is 3.50. The van der Waals surface area contributed by atoms with Gasteiger partial charge in [0.2, 0.25) is 0 Å². The molecule has 0 bridgehead atoms. The van der Waals surface area contributed by atoms with Gasteiger partial charge in [0.15, 0.2) is 5.69 Å². The minimum Gasteiger partial charge on any atom is -0.476 e. The first-order chi connectivity index (χ1) is 10.5. The zero-order valence-electron chi connectivity index (χ0n) is 11.9. The number of nitrogens with one attached hydrogen (secondary N) is 2. The molecule has 0 unspecified atom stereocenters. The number of halogens is 1. The predicted molar refractivity (Wildman–Crippen MR) is 81.5 cm³/mol. The van der Waals surface area contributed by atoms with Crippen molar-refractivity contribution in [3.63, 3.8) is 0 Å². The summed E-state index contributed by atoms with van der Waals surface area (Å²) >= 11 is 0. The molecule has 0 aliphatic heterocycles. The van der Waals surface area contributed by atoms with Crippen LogP contribution in [0, 0.1) is 12.7 Å². The summed E-state index contributed by atoms with van der Waals surface area (Å²) in [4.78, 5) is 11.1. The second-order valence-corrected chi connectivity index (χ2v) is 5.13. The molecule has 3 N–H and O–H groups in total. The summed E-state index contributed by atoms with van der Waals surface area (Å²) in [5, 5.41) is 19.2. The molecule has 0 radical (unpaired) electrons. The van der Waals surface area contributed by atoms with Gasteiger partial charge in [0, 0.05) is 17.6 Å². The van der Waals surface area contributed by atoms with Crippen LogP contribution in [-0.4, -0.2) is 21.3 Å². The summed E-state index contributed by atoms with van der Waals surface area (Å²) in [5.41, 5.74) is 3.07. The van der Waals surface area contributed by atoms with Crippen molar-refractivity contribution < 1.29 is 14.3 Å². The monoisotopic (exact) mass is 299 g/mol. The Hall–Kier alpha value is -2.89. The van der Waals surface area contributed by atoms with E-state index >= 15 is 0 Å². The van der Waals surface area contributed by atoms with Gasteiger partial charge in [0.05, 0.1) is 5.52 Å². The van der Waals surface area contributed by atoms with E-state index in [9.17, 15) is 9.18 Å². The fourth-order valence-corrected chi connectivity index (χ4v) is 2.41. The highest BCUT2D eigenvalue weighted by Gasteiger charge is 2.12. The number of carboxylic acids is 1. The molecule has 5 nitrogen and oxygen atoms in total. The van der Waals surface area contributed by atoms with Crippen LogP contribution in [0.1, 0.15) is 21.6 Å². The molecule has 1 aromatic heterocycles. The van der Waals surface area contributed by atoms with Gasteiger partial charge in [-0.3, -0.25) is 5.10 Å². The Morgan fingerprint density at radius 1 is 1.32 bits per heavy atom. The van der Waals surface area contributed by atoms with Crippen molar-refractivity contribution in [2.45, 2.75) is 13.5 Å². The van der Waals surface area contributed by atoms with Crippen LogP contribution in [0.5, 0.6) is 0 Å². The molecule has 0 atom stereocenters. The van der Waals surface area contributed by atoms with Crippen LogP contribution in [-0.2, 0) is 6.54 Å². The average Bonchev–Trinajstić information content (AvgIpc) is 2.87. The predicted octanol–water partition coefficient (Wildman–Crippen LogP) is 3.32. The Morgan fingerprint density at radius 3 is 2.86 bits per heavy atom. The molecule has 6 heteroatoms. The first-order valence-electron chi connectivity index (χ1n) is 6.74. The zero-order chi connectivity index (χ0) is 15.7. The van der Waals surface area contributed by atoms with Crippen molar-refractivity contribution in [2.75, 3.05) is 5.32 Å². The maximum Gasteiger partial charge on any atom is 0.357 e. The quantitative estimate of drug-likeness (QED) is 0.690. The summed E-state index contributed by atoms with van der Waals surface area (Å²) in [6.07, 6.45) is 0. The third kappa shape index (κ3) is 2.76. The van der Waals surface area contributed by atoms with Gasteiger partial charge in [0.1, 0.15) is 5.82 Å². The van der Waals surface area contributed by atoms with Crippen LogP contribution in [0.4, 0.5) is 10.1 Å². The topological polar surface area (TPSA) is 78.0 Å². The summed E-state index contributed by atoms with van der Waals surface area (Å²) in [6, 6.07) is 10.1. The molecule has 0 amide bonds. The van der Waals surface area contributed by atoms with Crippen molar-refractivity contribution in [2.24, 2.45) is 0 Å². The first kappa shape index (κ1) is 14.1. The summed E-state index contributed by atoms with van der Waals surface area (Å²) in [6.45, 7) is 2.29. The number of anilines is 1. The maximum absolute atomic E-state index is 13.4. The van der Waals surface area contributed by atoms with E-state index in [1.807, 2.05) is 19.1 Å². The molecular weight excluding hydrogens is 285 g/mol. The Bertz CT molecular complexity index is 837. The molecule has 0 aliphatic carbocycles. The van der Waals surface area contributed by atoms with Crippen LogP contribution in [0.2, 0.25) is 0 Å². The standard InChI is InChI=1S/C16H14FN3O2/c1-9-4-10(6-11(17)5-9)8-18-12-2-3-14-13(7-12)15(16(21)22)20-19-14/h2-7,18H,8H2,1H3,(H,19,20)(H,21,22). The van der Waals surface area contributed by atoms with Crippen LogP contribution < -0.4 is 5.32 Å². The molecule has 0 spiro atoms. The van der Waals surface area contributed by atoms with Gasteiger partial charge in [-0.05, 0) is 48.4 Å². The number of fused-ring (bicyclic) bond motifs is 1. The highest BCUT2D eigenvalue weighted by atomic mass is 19.1.